The number of benzene rings is 1. The average Bonchev–Trinajstić information content (AvgIpc) is 3.24. The Morgan fingerprint density at radius 3 is 2.42 bits per heavy atom. The van der Waals surface area contributed by atoms with Crippen molar-refractivity contribution >= 4 is 17.4 Å². The van der Waals surface area contributed by atoms with E-state index in [0.717, 1.165) is 30.2 Å². The molecule has 1 saturated heterocycles. The molecule has 3 heterocycles. The van der Waals surface area contributed by atoms with E-state index >= 15 is 0 Å². The minimum atomic E-state index is -0.0843. The number of nitrogens with zero attached hydrogens (tertiary/aromatic N) is 5. The van der Waals surface area contributed by atoms with Crippen LogP contribution in [0.15, 0.2) is 67.3 Å². The second kappa shape index (κ2) is 7.26. The van der Waals surface area contributed by atoms with Crippen molar-refractivity contribution in [2.75, 3.05) is 36.4 Å². The molecule has 1 aliphatic rings. The van der Waals surface area contributed by atoms with Crippen LogP contribution >= 0.6 is 0 Å². The Balaban J connectivity index is 1.41. The molecule has 1 fully saturated rings. The van der Waals surface area contributed by atoms with Crippen LogP contribution in [0.4, 0.5) is 16.2 Å². The van der Waals surface area contributed by atoms with Crippen LogP contribution in [0, 0.1) is 0 Å². The molecule has 0 spiro atoms. The first kappa shape index (κ1) is 16.1. The summed E-state index contributed by atoms with van der Waals surface area (Å²) in [5.74, 6) is 0. The number of hydrogen-bond acceptors (Lipinski definition) is 4. The van der Waals surface area contributed by atoms with Crippen LogP contribution in [0.5, 0.6) is 0 Å². The van der Waals surface area contributed by atoms with Crippen molar-refractivity contribution in [3.05, 3.63) is 67.3 Å². The molecule has 0 unspecified atom stereocenters. The van der Waals surface area contributed by atoms with Gasteiger partial charge in [-0.3, -0.25) is 4.98 Å². The van der Waals surface area contributed by atoms with Gasteiger partial charge in [-0.1, -0.05) is 12.1 Å². The molecule has 1 N–H and O–H groups in total. The van der Waals surface area contributed by atoms with Crippen LogP contribution in [0.1, 0.15) is 0 Å². The van der Waals surface area contributed by atoms with E-state index in [1.165, 1.54) is 0 Å². The van der Waals surface area contributed by atoms with Gasteiger partial charge >= 0.3 is 6.03 Å². The number of para-hydroxylation sites is 2. The fraction of sp³-hybridized carbons (Fsp3) is 0.211. The van der Waals surface area contributed by atoms with Crippen LogP contribution in [0.2, 0.25) is 0 Å². The summed E-state index contributed by atoms with van der Waals surface area (Å²) in [6.07, 6.45) is 7.16. The quantitative estimate of drug-likeness (QED) is 0.790. The van der Waals surface area contributed by atoms with Gasteiger partial charge in [-0.05, 0) is 30.3 Å². The van der Waals surface area contributed by atoms with Crippen LogP contribution in [0.25, 0.3) is 5.69 Å². The Morgan fingerprint density at radius 1 is 0.923 bits per heavy atom. The van der Waals surface area contributed by atoms with Crippen LogP contribution in [-0.2, 0) is 0 Å². The van der Waals surface area contributed by atoms with Gasteiger partial charge in [-0.25, -0.2) is 9.48 Å². The van der Waals surface area contributed by atoms with Crippen molar-refractivity contribution in [1.82, 2.24) is 19.7 Å². The normalized spacial score (nSPS) is 14.3. The fourth-order valence-corrected chi connectivity index (χ4v) is 3.11. The Kier molecular flexibility index (Phi) is 4.51. The van der Waals surface area contributed by atoms with E-state index in [1.807, 2.05) is 53.6 Å². The van der Waals surface area contributed by atoms with Gasteiger partial charge in [-0.15, -0.1) is 0 Å². The second-order valence-electron chi connectivity index (χ2n) is 6.08. The van der Waals surface area contributed by atoms with Crippen LogP contribution in [0.3, 0.4) is 0 Å². The topological polar surface area (TPSA) is 66.3 Å². The third-order valence-corrected chi connectivity index (χ3v) is 4.49. The Morgan fingerprint density at radius 2 is 1.69 bits per heavy atom. The SMILES string of the molecule is O=C(Nc1ccccc1-n1cccn1)N1CCN(c2ccncc2)CC1. The predicted octanol–water partition coefficient (Wildman–Crippen LogP) is 2.62. The zero-order valence-corrected chi connectivity index (χ0v) is 14.3. The lowest BCUT2D eigenvalue weighted by atomic mass is 10.2. The molecular weight excluding hydrogens is 328 g/mol. The highest BCUT2D eigenvalue weighted by atomic mass is 16.2. The minimum absolute atomic E-state index is 0.0843. The van der Waals surface area contributed by atoms with Crippen molar-refractivity contribution in [2.45, 2.75) is 0 Å². The van der Waals surface area contributed by atoms with Crippen molar-refractivity contribution in [3.63, 3.8) is 0 Å². The summed E-state index contributed by atoms with van der Waals surface area (Å²) in [6, 6.07) is 13.4. The molecule has 0 aliphatic carbocycles. The summed E-state index contributed by atoms with van der Waals surface area (Å²) in [4.78, 5) is 20.9. The maximum atomic E-state index is 12.7. The number of pyridine rings is 1. The maximum Gasteiger partial charge on any atom is 0.322 e. The van der Waals surface area contributed by atoms with Gasteiger partial charge in [0, 0.05) is 56.7 Å². The van der Waals surface area contributed by atoms with Crippen LogP contribution in [-0.4, -0.2) is 51.9 Å². The summed E-state index contributed by atoms with van der Waals surface area (Å²) in [7, 11) is 0. The molecule has 3 aromatic rings. The average molecular weight is 348 g/mol. The highest BCUT2D eigenvalue weighted by molar-refractivity contribution is 5.91. The number of hydrogen-bond donors (Lipinski definition) is 1. The zero-order chi connectivity index (χ0) is 17.8. The van der Waals surface area contributed by atoms with Crippen molar-refractivity contribution in [3.8, 4) is 5.69 Å². The second-order valence-corrected chi connectivity index (χ2v) is 6.08. The predicted molar refractivity (Wildman–Crippen MR) is 101 cm³/mol. The number of piperazine rings is 1. The lowest BCUT2D eigenvalue weighted by Gasteiger charge is -2.36. The molecule has 7 nitrogen and oxygen atoms in total. The fourth-order valence-electron chi connectivity index (χ4n) is 3.11. The molecular formula is C19H20N6O. The highest BCUT2D eigenvalue weighted by Crippen LogP contribution is 2.20. The third kappa shape index (κ3) is 3.37. The number of amides is 2. The summed E-state index contributed by atoms with van der Waals surface area (Å²) < 4.78 is 1.75. The Labute approximate surface area is 151 Å². The molecule has 132 valence electrons. The van der Waals surface area contributed by atoms with E-state index in [-0.39, 0.29) is 6.03 Å². The first-order valence-corrected chi connectivity index (χ1v) is 8.61. The third-order valence-electron chi connectivity index (χ3n) is 4.49. The summed E-state index contributed by atoms with van der Waals surface area (Å²) >= 11 is 0. The van der Waals surface area contributed by atoms with Gasteiger partial charge in [0.2, 0.25) is 0 Å². The molecule has 4 rings (SSSR count). The summed E-state index contributed by atoms with van der Waals surface area (Å²) in [5.41, 5.74) is 2.74. The first-order valence-electron chi connectivity index (χ1n) is 8.61. The number of carbonyl (C=O) groups is 1. The summed E-state index contributed by atoms with van der Waals surface area (Å²) in [6.45, 7) is 2.96. The minimum Gasteiger partial charge on any atom is -0.368 e. The van der Waals surface area contributed by atoms with Gasteiger partial charge in [0.25, 0.3) is 0 Å². The number of carbonyl (C=O) groups excluding carboxylic acids is 1. The van der Waals surface area contributed by atoms with E-state index < -0.39 is 0 Å². The maximum absolute atomic E-state index is 12.7. The lowest BCUT2D eigenvalue weighted by Crippen LogP contribution is -2.50. The number of anilines is 2. The van der Waals surface area contributed by atoms with E-state index in [0.29, 0.717) is 13.1 Å². The molecule has 2 aromatic heterocycles. The largest absolute Gasteiger partial charge is 0.368 e. The van der Waals surface area contributed by atoms with E-state index in [1.54, 1.807) is 23.3 Å². The lowest BCUT2D eigenvalue weighted by molar-refractivity contribution is 0.208. The number of urea groups is 1. The van der Waals surface area contributed by atoms with E-state index in [9.17, 15) is 4.79 Å². The molecule has 1 aromatic carbocycles. The van der Waals surface area contributed by atoms with E-state index in [2.05, 4.69) is 20.3 Å². The van der Waals surface area contributed by atoms with E-state index in [4.69, 9.17) is 0 Å². The van der Waals surface area contributed by atoms with Gasteiger partial charge in [0.05, 0.1) is 11.4 Å². The Bertz CT molecular complexity index is 857. The molecule has 26 heavy (non-hydrogen) atoms. The number of nitrogens with one attached hydrogen (secondary N) is 1. The monoisotopic (exact) mass is 348 g/mol. The first-order chi connectivity index (χ1) is 12.8. The van der Waals surface area contributed by atoms with Crippen molar-refractivity contribution in [2.24, 2.45) is 0 Å². The van der Waals surface area contributed by atoms with Gasteiger partial charge < -0.3 is 15.1 Å². The summed E-state index contributed by atoms with van der Waals surface area (Å²) in [5, 5.41) is 7.27. The Hall–Kier alpha value is -3.35. The van der Waals surface area contributed by atoms with Gasteiger partial charge in [0.1, 0.15) is 0 Å². The zero-order valence-electron chi connectivity index (χ0n) is 14.3. The van der Waals surface area contributed by atoms with Crippen molar-refractivity contribution < 1.29 is 4.79 Å². The van der Waals surface area contributed by atoms with Gasteiger partial charge in [0.15, 0.2) is 0 Å². The van der Waals surface area contributed by atoms with Crippen molar-refractivity contribution in [1.29, 1.82) is 0 Å². The molecule has 0 bridgehead atoms. The molecule has 7 heteroatoms. The van der Waals surface area contributed by atoms with Crippen LogP contribution < -0.4 is 10.2 Å². The molecule has 1 aliphatic heterocycles. The molecule has 2 amide bonds. The standard InChI is InChI=1S/C19H20N6O/c26-19(22-17-4-1-2-5-18(17)25-11-3-8-21-25)24-14-12-23(13-15-24)16-6-9-20-10-7-16/h1-11H,12-15H2,(H,22,26). The number of rotatable bonds is 3. The highest BCUT2D eigenvalue weighted by Gasteiger charge is 2.22. The molecule has 0 radical (unpaired) electrons. The smallest absolute Gasteiger partial charge is 0.322 e. The molecule has 0 saturated carbocycles. The number of aromatic nitrogens is 3. The van der Waals surface area contributed by atoms with Gasteiger partial charge in [-0.2, -0.15) is 5.10 Å². The molecule has 0 atom stereocenters.